The zero-order valence-electron chi connectivity index (χ0n) is 10.7. The molecule has 0 unspecified atom stereocenters. The smallest absolute Gasteiger partial charge is 0.319 e. The average molecular weight is 265 g/mol. The first-order valence-corrected chi connectivity index (χ1v) is 5.99. The Morgan fingerprint density at radius 2 is 2.32 bits per heavy atom. The first-order chi connectivity index (χ1) is 9.17. The number of rotatable bonds is 6. The lowest BCUT2D eigenvalue weighted by molar-refractivity contribution is 0.145. The van der Waals surface area contributed by atoms with Gasteiger partial charge in [-0.15, -0.1) is 0 Å². The molecule has 5 nitrogen and oxygen atoms in total. The number of urea groups is 1. The van der Waals surface area contributed by atoms with E-state index in [1.54, 1.807) is 0 Å². The van der Waals surface area contributed by atoms with Gasteiger partial charge in [-0.2, -0.15) is 5.26 Å². The van der Waals surface area contributed by atoms with Gasteiger partial charge in [-0.1, -0.05) is 0 Å². The van der Waals surface area contributed by atoms with Crippen molar-refractivity contribution in [2.24, 2.45) is 0 Å². The summed E-state index contributed by atoms with van der Waals surface area (Å²) in [6.07, 6.45) is 0.704. The van der Waals surface area contributed by atoms with Gasteiger partial charge >= 0.3 is 6.03 Å². The standard InChI is InChI=1S/C13H16FN3O2/c1-2-19-7-3-6-16-13(18)17-12-5-4-11(14)8-10(12)9-15/h4-5,8H,2-3,6-7H2,1H3,(H2,16,17,18). The van der Waals surface area contributed by atoms with E-state index < -0.39 is 11.8 Å². The first kappa shape index (κ1) is 14.9. The van der Waals surface area contributed by atoms with E-state index in [9.17, 15) is 9.18 Å². The predicted octanol–water partition coefficient (Wildman–Crippen LogP) is 2.25. The summed E-state index contributed by atoms with van der Waals surface area (Å²) in [6.45, 7) is 3.59. The molecule has 0 saturated carbocycles. The molecule has 0 atom stereocenters. The van der Waals surface area contributed by atoms with Crippen molar-refractivity contribution >= 4 is 11.7 Å². The number of nitriles is 1. The Balaban J connectivity index is 2.42. The molecule has 102 valence electrons. The van der Waals surface area contributed by atoms with Crippen LogP contribution in [0.3, 0.4) is 0 Å². The molecule has 0 aliphatic carbocycles. The molecule has 1 aromatic carbocycles. The van der Waals surface area contributed by atoms with Gasteiger partial charge in [-0.25, -0.2) is 9.18 Å². The highest BCUT2D eigenvalue weighted by Gasteiger charge is 2.07. The molecule has 2 amide bonds. The molecule has 1 rings (SSSR count). The molecular formula is C13H16FN3O2. The van der Waals surface area contributed by atoms with Crippen LogP contribution in [0.5, 0.6) is 0 Å². The Kier molecular flexibility index (Phi) is 6.33. The highest BCUT2D eigenvalue weighted by Crippen LogP contribution is 2.15. The second-order valence-electron chi connectivity index (χ2n) is 3.73. The SMILES string of the molecule is CCOCCCNC(=O)Nc1ccc(F)cc1C#N. The number of nitrogens with zero attached hydrogens (tertiary/aromatic N) is 1. The monoisotopic (exact) mass is 265 g/mol. The first-order valence-electron chi connectivity index (χ1n) is 5.99. The molecule has 0 heterocycles. The molecule has 2 N–H and O–H groups in total. The second kappa shape index (κ2) is 8.06. The molecule has 0 radical (unpaired) electrons. The molecule has 0 aliphatic heterocycles. The van der Waals surface area contributed by atoms with Crippen LogP contribution in [0.2, 0.25) is 0 Å². The van der Waals surface area contributed by atoms with Crippen molar-refractivity contribution in [2.45, 2.75) is 13.3 Å². The van der Waals surface area contributed by atoms with E-state index in [2.05, 4.69) is 10.6 Å². The van der Waals surface area contributed by atoms with Crippen LogP contribution in [0.25, 0.3) is 0 Å². The Hall–Kier alpha value is -2.13. The van der Waals surface area contributed by atoms with Gasteiger partial charge in [-0.05, 0) is 31.5 Å². The Labute approximate surface area is 111 Å². The third kappa shape index (κ3) is 5.36. The molecule has 0 spiro atoms. The van der Waals surface area contributed by atoms with Crippen molar-refractivity contribution in [1.82, 2.24) is 5.32 Å². The highest BCUT2D eigenvalue weighted by molar-refractivity contribution is 5.90. The number of hydrogen-bond donors (Lipinski definition) is 2. The summed E-state index contributed by atoms with van der Waals surface area (Å²) in [5.74, 6) is -0.515. The maximum absolute atomic E-state index is 12.9. The quantitative estimate of drug-likeness (QED) is 0.775. The molecule has 0 aliphatic rings. The molecule has 1 aromatic rings. The Morgan fingerprint density at radius 3 is 3.00 bits per heavy atom. The zero-order chi connectivity index (χ0) is 14.1. The normalized spacial score (nSPS) is 9.74. The average Bonchev–Trinajstić information content (AvgIpc) is 2.40. The van der Waals surface area contributed by atoms with Gasteiger partial charge in [0.15, 0.2) is 0 Å². The Bertz CT molecular complexity index is 471. The minimum absolute atomic E-state index is 0.0875. The number of nitrogens with one attached hydrogen (secondary N) is 2. The molecular weight excluding hydrogens is 249 g/mol. The van der Waals surface area contributed by atoms with E-state index in [-0.39, 0.29) is 11.3 Å². The lowest BCUT2D eigenvalue weighted by Gasteiger charge is -2.08. The maximum atomic E-state index is 12.9. The van der Waals surface area contributed by atoms with Crippen LogP contribution in [0.1, 0.15) is 18.9 Å². The molecule has 0 saturated heterocycles. The number of amides is 2. The van der Waals surface area contributed by atoms with E-state index in [1.165, 1.54) is 12.1 Å². The largest absolute Gasteiger partial charge is 0.382 e. The van der Waals surface area contributed by atoms with Crippen LogP contribution in [-0.2, 0) is 4.74 Å². The third-order valence-electron chi connectivity index (χ3n) is 2.31. The van der Waals surface area contributed by atoms with Crippen molar-refractivity contribution in [3.63, 3.8) is 0 Å². The van der Waals surface area contributed by atoms with Crippen molar-refractivity contribution in [1.29, 1.82) is 5.26 Å². The fourth-order valence-electron chi connectivity index (χ4n) is 1.40. The van der Waals surface area contributed by atoms with E-state index in [4.69, 9.17) is 10.00 Å². The molecule has 0 fully saturated rings. The topological polar surface area (TPSA) is 74.2 Å². The Morgan fingerprint density at radius 1 is 1.53 bits per heavy atom. The number of benzene rings is 1. The summed E-state index contributed by atoms with van der Waals surface area (Å²) in [7, 11) is 0. The van der Waals surface area contributed by atoms with Gasteiger partial charge in [0.2, 0.25) is 0 Å². The number of anilines is 1. The van der Waals surface area contributed by atoms with Crippen LogP contribution in [0, 0.1) is 17.1 Å². The molecule has 19 heavy (non-hydrogen) atoms. The van der Waals surface area contributed by atoms with Crippen LogP contribution < -0.4 is 10.6 Å². The van der Waals surface area contributed by atoms with E-state index in [0.29, 0.717) is 26.2 Å². The third-order valence-corrected chi connectivity index (χ3v) is 2.31. The number of ether oxygens (including phenoxy) is 1. The number of carbonyl (C=O) groups is 1. The predicted molar refractivity (Wildman–Crippen MR) is 69.2 cm³/mol. The minimum atomic E-state index is -0.515. The molecule has 0 bridgehead atoms. The van der Waals surface area contributed by atoms with Gasteiger partial charge in [0.1, 0.15) is 11.9 Å². The van der Waals surface area contributed by atoms with Gasteiger partial charge in [-0.3, -0.25) is 0 Å². The summed E-state index contributed by atoms with van der Waals surface area (Å²) in [5, 5.41) is 13.9. The number of hydrogen-bond acceptors (Lipinski definition) is 3. The van der Waals surface area contributed by atoms with Crippen molar-refractivity contribution in [3.8, 4) is 6.07 Å². The summed E-state index contributed by atoms with van der Waals surface area (Å²) >= 11 is 0. The molecule has 6 heteroatoms. The fourth-order valence-corrected chi connectivity index (χ4v) is 1.40. The van der Waals surface area contributed by atoms with Crippen LogP contribution >= 0.6 is 0 Å². The number of carbonyl (C=O) groups excluding carboxylic acids is 1. The van der Waals surface area contributed by atoms with Gasteiger partial charge < -0.3 is 15.4 Å². The molecule has 0 aromatic heterocycles. The summed E-state index contributed by atoms with van der Waals surface area (Å²) in [6, 6.07) is 5.01. The van der Waals surface area contributed by atoms with E-state index in [1.807, 2.05) is 13.0 Å². The summed E-state index contributed by atoms with van der Waals surface area (Å²) in [4.78, 5) is 11.5. The van der Waals surface area contributed by atoms with Crippen molar-refractivity contribution in [2.75, 3.05) is 25.1 Å². The van der Waals surface area contributed by atoms with Crippen LogP contribution in [-0.4, -0.2) is 25.8 Å². The summed E-state index contributed by atoms with van der Waals surface area (Å²) in [5.41, 5.74) is 0.371. The van der Waals surface area contributed by atoms with Gasteiger partial charge in [0.05, 0.1) is 11.3 Å². The van der Waals surface area contributed by atoms with Gasteiger partial charge in [0, 0.05) is 19.8 Å². The maximum Gasteiger partial charge on any atom is 0.319 e. The lowest BCUT2D eigenvalue weighted by Crippen LogP contribution is -2.30. The van der Waals surface area contributed by atoms with E-state index in [0.717, 1.165) is 6.07 Å². The highest BCUT2D eigenvalue weighted by atomic mass is 19.1. The van der Waals surface area contributed by atoms with Crippen LogP contribution in [0.4, 0.5) is 14.9 Å². The second-order valence-corrected chi connectivity index (χ2v) is 3.73. The lowest BCUT2D eigenvalue weighted by atomic mass is 10.2. The zero-order valence-corrected chi connectivity index (χ0v) is 10.7. The van der Waals surface area contributed by atoms with E-state index >= 15 is 0 Å². The minimum Gasteiger partial charge on any atom is -0.382 e. The van der Waals surface area contributed by atoms with Gasteiger partial charge in [0.25, 0.3) is 0 Å². The summed E-state index contributed by atoms with van der Waals surface area (Å²) < 4.78 is 18.0. The van der Waals surface area contributed by atoms with Crippen LogP contribution in [0.15, 0.2) is 18.2 Å². The van der Waals surface area contributed by atoms with Crippen molar-refractivity contribution < 1.29 is 13.9 Å². The number of halogens is 1. The van der Waals surface area contributed by atoms with Crippen molar-refractivity contribution in [3.05, 3.63) is 29.6 Å². The fraction of sp³-hybridized carbons (Fsp3) is 0.385.